The van der Waals surface area contributed by atoms with Crippen LogP contribution in [-0.4, -0.2) is 26.3 Å². The molecule has 1 aliphatic rings. The number of hydrogen-bond donors (Lipinski definition) is 2. The van der Waals surface area contributed by atoms with E-state index in [-0.39, 0.29) is 11.3 Å². The zero-order valence-corrected chi connectivity index (χ0v) is 11.9. The standard InChI is InChI=1S/C15H22N2O2/c1-15(2,9-16-10-19-3)12-5-6-13-11(8-12)4-7-14(18)17-13/h5-6,8,16H,4,7,9-10H2,1-3H3,(H,17,18). The number of amides is 1. The van der Waals surface area contributed by atoms with Crippen molar-refractivity contribution in [2.45, 2.75) is 32.1 Å². The molecule has 2 N–H and O–H groups in total. The SMILES string of the molecule is COCNCC(C)(C)c1ccc2c(c1)CCC(=O)N2. The van der Waals surface area contributed by atoms with Gasteiger partial charge in [0.05, 0.1) is 6.73 Å². The van der Waals surface area contributed by atoms with E-state index in [1.807, 2.05) is 6.07 Å². The van der Waals surface area contributed by atoms with Crippen LogP contribution in [0.5, 0.6) is 0 Å². The Morgan fingerprint density at radius 2 is 2.16 bits per heavy atom. The number of hydrogen-bond acceptors (Lipinski definition) is 3. The summed E-state index contributed by atoms with van der Waals surface area (Å²) in [6, 6.07) is 6.32. The first kappa shape index (κ1) is 14.0. The molecule has 2 rings (SSSR count). The van der Waals surface area contributed by atoms with Crippen molar-refractivity contribution in [3.63, 3.8) is 0 Å². The van der Waals surface area contributed by atoms with Crippen LogP contribution in [0.15, 0.2) is 18.2 Å². The molecule has 0 aliphatic carbocycles. The van der Waals surface area contributed by atoms with Crippen molar-refractivity contribution < 1.29 is 9.53 Å². The Hall–Kier alpha value is -1.39. The minimum absolute atomic E-state index is 0.0367. The molecule has 4 nitrogen and oxygen atoms in total. The molecule has 1 amide bonds. The van der Waals surface area contributed by atoms with Crippen LogP contribution in [0.25, 0.3) is 0 Å². The van der Waals surface area contributed by atoms with Gasteiger partial charge in [-0.25, -0.2) is 0 Å². The Labute approximate surface area is 114 Å². The number of ether oxygens (including phenoxy) is 1. The van der Waals surface area contributed by atoms with Crippen molar-refractivity contribution in [2.75, 3.05) is 25.7 Å². The number of aryl methyl sites for hydroxylation is 1. The van der Waals surface area contributed by atoms with E-state index in [2.05, 4.69) is 36.6 Å². The quantitative estimate of drug-likeness (QED) is 0.630. The number of benzene rings is 1. The fourth-order valence-corrected chi connectivity index (χ4v) is 2.37. The van der Waals surface area contributed by atoms with Gasteiger partial charge in [-0.05, 0) is 23.6 Å². The number of carbonyl (C=O) groups excluding carboxylic acids is 1. The molecule has 19 heavy (non-hydrogen) atoms. The molecule has 0 fully saturated rings. The summed E-state index contributed by atoms with van der Waals surface area (Å²) >= 11 is 0. The minimum Gasteiger partial charge on any atom is -0.370 e. The van der Waals surface area contributed by atoms with Gasteiger partial charge in [0.1, 0.15) is 0 Å². The van der Waals surface area contributed by atoms with Crippen molar-refractivity contribution >= 4 is 11.6 Å². The summed E-state index contributed by atoms with van der Waals surface area (Å²) in [5.41, 5.74) is 3.51. The molecular weight excluding hydrogens is 240 g/mol. The van der Waals surface area contributed by atoms with Gasteiger partial charge in [-0.15, -0.1) is 0 Å². The number of anilines is 1. The lowest BCUT2D eigenvalue weighted by atomic mass is 9.82. The van der Waals surface area contributed by atoms with Gasteiger partial charge >= 0.3 is 0 Å². The number of carbonyl (C=O) groups is 1. The van der Waals surface area contributed by atoms with E-state index < -0.39 is 0 Å². The lowest BCUT2D eigenvalue weighted by molar-refractivity contribution is -0.116. The number of fused-ring (bicyclic) bond motifs is 1. The second-order valence-electron chi connectivity index (χ2n) is 5.66. The molecule has 0 saturated heterocycles. The number of methoxy groups -OCH3 is 1. The van der Waals surface area contributed by atoms with Crippen LogP contribution < -0.4 is 10.6 Å². The third-order valence-corrected chi connectivity index (χ3v) is 3.60. The molecular formula is C15H22N2O2. The Kier molecular flexibility index (Phi) is 4.22. The predicted octanol–water partition coefficient (Wildman–Crippen LogP) is 2.04. The highest BCUT2D eigenvalue weighted by atomic mass is 16.5. The van der Waals surface area contributed by atoms with Gasteiger partial charge < -0.3 is 10.1 Å². The van der Waals surface area contributed by atoms with Gasteiger partial charge in [0.25, 0.3) is 0 Å². The van der Waals surface area contributed by atoms with Gasteiger partial charge in [0, 0.05) is 31.2 Å². The number of nitrogens with one attached hydrogen (secondary N) is 2. The molecule has 0 aromatic heterocycles. The largest absolute Gasteiger partial charge is 0.370 e. The fraction of sp³-hybridized carbons (Fsp3) is 0.533. The molecule has 0 unspecified atom stereocenters. The van der Waals surface area contributed by atoms with Crippen molar-refractivity contribution in [1.29, 1.82) is 0 Å². The molecule has 1 heterocycles. The first-order valence-electron chi connectivity index (χ1n) is 6.66. The van der Waals surface area contributed by atoms with E-state index in [1.54, 1.807) is 7.11 Å². The Morgan fingerprint density at radius 3 is 2.89 bits per heavy atom. The third kappa shape index (κ3) is 3.33. The normalized spacial score (nSPS) is 15.0. The van der Waals surface area contributed by atoms with E-state index in [9.17, 15) is 4.79 Å². The maximum atomic E-state index is 11.3. The van der Waals surface area contributed by atoms with Gasteiger partial charge in [0.2, 0.25) is 5.91 Å². The second-order valence-corrected chi connectivity index (χ2v) is 5.66. The topological polar surface area (TPSA) is 50.4 Å². The molecule has 1 aromatic carbocycles. The lowest BCUT2D eigenvalue weighted by Gasteiger charge is -2.28. The summed E-state index contributed by atoms with van der Waals surface area (Å²) in [6.45, 7) is 5.83. The molecule has 104 valence electrons. The van der Waals surface area contributed by atoms with E-state index >= 15 is 0 Å². The molecule has 4 heteroatoms. The highest BCUT2D eigenvalue weighted by Crippen LogP contribution is 2.29. The maximum absolute atomic E-state index is 11.3. The maximum Gasteiger partial charge on any atom is 0.224 e. The van der Waals surface area contributed by atoms with Crippen molar-refractivity contribution in [3.8, 4) is 0 Å². The van der Waals surface area contributed by atoms with Gasteiger partial charge in [-0.1, -0.05) is 26.0 Å². The highest BCUT2D eigenvalue weighted by molar-refractivity contribution is 5.93. The predicted molar refractivity (Wildman–Crippen MR) is 76.3 cm³/mol. The van der Waals surface area contributed by atoms with Crippen LogP contribution in [-0.2, 0) is 21.4 Å². The van der Waals surface area contributed by atoms with Crippen LogP contribution in [0, 0.1) is 0 Å². The monoisotopic (exact) mass is 262 g/mol. The van der Waals surface area contributed by atoms with Crippen LogP contribution in [0.4, 0.5) is 5.69 Å². The lowest BCUT2D eigenvalue weighted by Crippen LogP contribution is -2.34. The van der Waals surface area contributed by atoms with Crippen LogP contribution in [0.2, 0.25) is 0 Å². The van der Waals surface area contributed by atoms with Gasteiger partial charge in [0.15, 0.2) is 0 Å². The number of rotatable bonds is 5. The summed E-state index contributed by atoms with van der Waals surface area (Å²) in [4.78, 5) is 11.3. The van der Waals surface area contributed by atoms with Gasteiger partial charge in [-0.2, -0.15) is 0 Å². The molecule has 1 aromatic rings. The molecule has 0 atom stereocenters. The average Bonchev–Trinajstić information content (AvgIpc) is 2.38. The fourth-order valence-electron chi connectivity index (χ4n) is 2.37. The zero-order chi connectivity index (χ0) is 13.9. The average molecular weight is 262 g/mol. The van der Waals surface area contributed by atoms with Crippen LogP contribution in [0.1, 0.15) is 31.4 Å². The minimum atomic E-state index is 0.0367. The van der Waals surface area contributed by atoms with Crippen molar-refractivity contribution in [2.24, 2.45) is 0 Å². The van der Waals surface area contributed by atoms with Gasteiger partial charge in [-0.3, -0.25) is 10.1 Å². The van der Waals surface area contributed by atoms with Crippen molar-refractivity contribution in [1.82, 2.24) is 5.32 Å². The molecule has 0 spiro atoms. The molecule has 1 aliphatic heterocycles. The van der Waals surface area contributed by atoms with Crippen LogP contribution >= 0.6 is 0 Å². The Morgan fingerprint density at radius 1 is 1.37 bits per heavy atom. The zero-order valence-electron chi connectivity index (χ0n) is 11.9. The Balaban J connectivity index is 2.14. The summed E-state index contributed by atoms with van der Waals surface area (Å²) in [5, 5.41) is 6.19. The molecule has 0 bridgehead atoms. The van der Waals surface area contributed by atoms with E-state index in [0.29, 0.717) is 13.2 Å². The molecule has 0 radical (unpaired) electrons. The summed E-state index contributed by atoms with van der Waals surface area (Å²) in [6.07, 6.45) is 1.41. The van der Waals surface area contributed by atoms with Crippen LogP contribution in [0.3, 0.4) is 0 Å². The third-order valence-electron chi connectivity index (χ3n) is 3.60. The highest BCUT2D eigenvalue weighted by Gasteiger charge is 2.23. The first-order valence-corrected chi connectivity index (χ1v) is 6.66. The van der Waals surface area contributed by atoms with E-state index in [4.69, 9.17) is 4.74 Å². The Bertz CT molecular complexity index is 469. The molecule has 0 saturated carbocycles. The van der Waals surface area contributed by atoms with E-state index in [0.717, 1.165) is 18.7 Å². The summed E-state index contributed by atoms with van der Waals surface area (Å²) in [7, 11) is 1.68. The second kappa shape index (κ2) is 5.72. The van der Waals surface area contributed by atoms with E-state index in [1.165, 1.54) is 11.1 Å². The first-order chi connectivity index (χ1) is 9.03. The summed E-state index contributed by atoms with van der Waals surface area (Å²) < 4.78 is 5.02. The summed E-state index contributed by atoms with van der Waals surface area (Å²) in [5.74, 6) is 0.112. The smallest absolute Gasteiger partial charge is 0.224 e. The van der Waals surface area contributed by atoms with Crippen molar-refractivity contribution in [3.05, 3.63) is 29.3 Å².